The summed E-state index contributed by atoms with van der Waals surface area (Å²) < 4.78 is 29.0. The van der Waals surface area contributed by atoms with Crippen LogP contribution in [0.5, 0.6) is 5.75 Å². The number of para-hydroxylation sites is 1. The third kappa shape index (κ3) is 4.75. The second-order valence-electron chi connectivity index (χ2n) is 9.12. The third-order valence-corrected chi connectivity index (χ3v) is 7.72. The second-order valence-corrected chi connectivity index (χ2v) is 11.1. The van der Waals surface area contributed by atoms with Gasteiger partial charge in [-0.2, -0.15) is 0 Å². The van der Waals surface area contributed by atoms with Crippen LogP contribution in [0.3, 0.4) is 0 Å². The van der Waals surface area contributed by atoms with Crippen LogP contribution in [0.15, 0.2) is 53.4 Å². The van der Waals surface area contributed by atoms with E-state index in [1.165, 1.54) is 21.9 Å². The van der Waals surface area contributed by atoms with E-state index in [-0.39, 0.29) is 29.2 Å². The molecule has 186 valence electrons. The second kappa shape index (κ2) is 9.33. The molecule has 0 spiro atoms. The fraction of sp³-hybridized carbons (Fsp3) is 0.400. The maximum Gasteiger partial charge on any atom is 0.258 e. The van der Waals surface area contributed by atoms with Crippen LogP contribution in [0.4, 0.5) is 5.69 Å². The maximum absolute atomic E-state index is 13.3. The number of nitrogens with zero attached hydrogens (tertiary/aromatic N) is 3. The van der Waals surface area contributed by atoms with E-state index in [1.54, 1.807) is 48.3 Å². The molecule has 9 nitrogen and oxygen atoms in total. The Kier molecular flexibility index (Phi) is 6.59. The molecule has 1 saturated heterocycles. The zero-order valence-corrected chi connectivity index (χ0v) is 20.9. The molecule has 0 radical (unpaired) electrons. The summed E-state index contributed by atoms with van der Waals surface area (Å²) in [4.78, 5) is 43.9. The largest absolute Gasteiger partial charge is 0.493 e. The van der Waals surface area contributed by atoms with E-state index in [0.29, 0.717) is 49.4 Å². The minimum Gasteiger partial charge on any atom is -0.493 e. The van der Waals surface area contributed by atoms with Crippen molar-refractivity contribution in [3.8, 4) is 5.75 Å². The molecule has 3 amide bonds. The van der Waals surface area contributed by atoms with Crippen LogP contribution >= 0.6 is 0 Å². The van der Waals surface area contributed by atoms with Crippen LogP contribution in [-0.4, -0.2) is 74.6 Å². The van der Waals surface area contributed by atoms with Crippen molar-refractivity contribution >= 4 is 33.2 Å². The van der Waals surface area contributed by atoms with Gasteiger partial charge in [0, 0.05) is 26.3 Å². The van der Waals surface area contributed by atoms with Crippen LogP contribution < -0.4 is 9.64 Å². The molecule has 2 heterocycles. The van der Waals surface area contributed by atoms with Gasteiger partial charge in [-0.3, -0.25) is 19.3 Å². The molecule has 1 fully saturated rings. The first-order valence-electron chi connectivity index (χ1n) is 11.4. The van der Waals surface area contributed by atoms with Crippen molar-refractivity contribution in [2.24, 2.45) is 0 Å². The van der Waals surface area contributed by atoms with E-state index in [2.05, 4.69) is 0 Å². The zero-order valence-electron chi connectivity index (χ0n) is 20.1. The lowest BCUT2D eigenvalue weighted by Crippen LogP contribution is -2.63. The van der Waals surface area contributed by atoms with Crippen molar-refractivity contribution < 1.29 is 27.5 Å². The number of anilines is 1. The fourth-order valence-electron chi connectivity index (χ4n) is 4.61. The molecule has 2 aliphatic heterocycles. The van der Waals surface area contributed by atoms with Crippen molar-refractivity contribution in [3.05, 3.63) is 54.1 Å². The average molecular weight is 500 g/mol. The normalized spacial score (nSPS) is 19.4. The molecule has 35 heavy (non-hydrogen) atoms. The van der Waals surface area contributed by atoms with Crippen molar-refractivity contribution in [2.45, 2.75) is 36.7 Å². The van der Waals surface area contributed by atoms with Gasteiger partial charge in [0.05, 0.1) is 22.8 Å². The number of rotatable bonds is 8. The highest BCUT2D eigenvalue weighted by molar-refractivity contribution is 7.90. The summed E-state index contributed by atoms with van der Waals surface area (Å²) in [5.41, 5.74) is 0.129. The summed E-state index contributed by atoms with van der Waals surface area (Å²) in [6.07, 6.45) is 2.43. The molecular weight excluding hydrogens is 470 g/mol. The van der Waals surface area contributed by atoms with E-state index in [0.717, 1.165) is 6.26 Å². The molecule has 0 bridgehead atoms. The van der Waals surface area contributed by atoms with Crippen LogP contribution in [0, 0.1) is 0 Å². The highest BCUT2D eigenvalue weighted by Gasteiger charge is 2.53. The molecule has 2 aromatic carbocycles. The molecule has 0 saturated carbocycles. The van der Waals surface area contributed by atoms with Gasteiger partial charge in [-0.05, 0) is 50.1 Å². The average Bonchev–Trinajstić information content (AvgIpc) is 3.14. The van der Waals surface area contributed by atoms with Gasteiger partial charge in [0.2, 0.25) is 11.8 Å². The Labute approximate surface area is 205 Å². The van der Waals surface area contributed by atoms with E-state index >= 15 is 0 Å². The van der Waals surface area contributed by atoms with Crippen molar-refractivity contribution in [1.29, 1.82) is 0 Å². The van der Waals surface area contributed by atoms with E-state index in [1.807, 2.05) is 6.92 Å². The number of carbonyl (C=O) groups excluding carboxylic acids is 3. The quantitative estimate of drug-likeness (QED) is 0.517. The summed E-state index contributed by atoms with van der Waals surface area (Å²) in [6, 6.07) is 13.3. The number of hydrogen-bond acceptors (Lipinski definition) is 6. The zero-order chi connectivity index (χ0) is 25.4. The van der Waals surface area contributed by atoms with E-state index in [9.17, 15) is 22.8 Å². The maximum atomic E-state index is 13.3. The van der Waals surface area contributed by atoms with Gasteiger partial charge in [0.25, 0.3) is 5.91 Å². The molecule has 1 unspecified atom stereocenters. The monoisotopic (exact) mass is 499 g/mol. The molecule has 0 aromatic heterocycles. The lowest BCUT2D eigenvalue weighted by atomic mass is 9.98. The number of fused-ring (bicyclic) bond motifs is 3. The minimum atomic E-state index is -3.32. The number of carbonyl (C=O) groups is 3. The number of amides is 3. The molecule has 0 aliphatic carbocycles. The van der Waals surface area contributed by atoms with Gasteiger partial charge < -0.3 is 14.5 Å². The summed E-state index contributed by atoms with van der Waals surface area (Å²) >= 11 is 0. The van der Waals surface area contributed by atoms with Crippen LogP contribution in [0.25, 0.3) is 0 Å². The highest BCUT2D eigenvalue weighted by atomic mass is 32.2. The van der Waals surface area contributed by atoms with E-state index < -0.39 is 15.5 Å². The predicted octanol–water partition coefficient (Wildman–Crippen LogP) is 2.32. The lowest BCUT2D eigenvalue weighted by molar-refractivity contribution is -0.132. The first-order valence-corrected chi connectivity index (χ1v) is 13.3. The van der Waals surface area contributed by atoms with Gasteiger partial charge >= 0.3 is 0 Å². The van der Waals surface area contributed by atoms with Gasteiger partial charge in [-0.15, -0.1) is 0 Å². The number of sulfone groups is 1. The number of ether oxygens (including phenoxy) is 1. The molecule has 10 heteroatoms. The predicted molar refractivity (Wildman–Crippen MR) is 130 cm³/mol. The Hall–Kier alpha value is -3.40. The molecule has 4 rings (SSSR count). The van der Waals surface area contributed by atoms with Crippen molar-refractivity contribution in [3.63, 3.8) is 0 Å². The number of hydrogen-bond donors (Lipinski definition) is 0. The Morgan fingerprint density at radius 1 is 1.14 bits per heavy atom. The van der Waals surface area contributed by atoms with Crippen LogP contribution in [-0.2, 0) is 19.4 Å². The Morgan fingerprint density at radius 2 is 1.89 bits per heavy atom. The molecule has 1 atom stereocenters. The molecular formula is C25H29N3O6S. The Bertz CT molecular complexity index is 1280. The fourth-order valence-corrected chi connectivity index (χ4v) is 5.26. The van der Waals surface area contributed by atoms with Gasteiger partial charge in [0.1, 0.15) is 18.0 Å². The van der Waals surface area contributed by atoms with E-state index in [4.69, 9.17) is 4.74 Å². The Balaban J connectivity index is 1.37. The highest BCUT2D eigenvalue weighted by Crippen LogP contribution is 2.43. The van der Waals surface area contributed by atoms with Crippen molar-refractivity contribution in [2.75, 3.05) is 37.9 Å². The molecule has 2 aliphatic rings. The first-order chi connectivity index (χ1) is 16.5. The summed E-state index contributed by atoms with van der Waals surface area (Å²) in [7, 11) is -1.66. The smallest absolute Gasteiger partial charge is 0.258 e. The van der Waals surface area contributed by atoms with Gasteiger partial charge in [-0.25, -0.2) is 8.42 Å². The van der Waals surface area contributed by atoms with Gasteiger partial charge in [-0.1, -0.05) is 18.2 Å². The minimum absolute atomic E-state index is 0.0599. The lowest BCUT2D eigenvalue weighted by Gasteiger charge is -2.48. The standard InChI is InChI=1S/C25H29N3O6S/c1-25-13-12-22(29)28(25)21-11-5-4-10-20(21)24(31)27(25)17-23(30)26(2)14-7-15-34-18-8-6-9-19(16-18)35(3,32)33/h4-6,8-11,16H,7,12-15,17H2,1-3H3. The third-order valence-electron chi connectivity index (χ3n) is 6.60. The number of benzene rings is 2. The SMILES string of the molecule is CN(CCCOc1cccc(S(C)(=O)=O)c1)C(=O)CN1C(=O)c2ccccc2N2C(=O)CCC12C. The van der Waals surface area contributed by atoms with Crippen molar-refractivity contribution in [1.82, 2.24) is 9.80 Å². The van der Waals surface area contributed by atoms with Crippen LogP contribution in [0.2, 0.25) is 0 Å². The first kappa shape index (κ1) is 24.7. The van der Waals surface area contributed by atoms with Crippen LogP contribution in [0.1, 0.15) is 36.5 Å². The molecule has 2 aromatic rings. The number of likely N-dealkylation sites (N-methyl/N-ethyl adjacent to an activating group) is 1. The van der Waals surface area contributed by atoms with Gasteiger partial charge in [0.15, 0.2) is 9.84 Å². The summed E-state index contributed by atoms with van der Waals surface area (Å²) in [6.45, 7) is 2.38. The molecule has 0 N–H and O–H groups in total. The summed E-state index contributed by atoms with van der Waals surface area (Å²) in [5.74, 6) is -0.115. The summed E-state index contributed by atoms with van der Waals surface area (Å²) in [5, 5.41) is 0. The topological polar surface area (TPSA) is 104 Å². The Morgan fingerprint density at radius 3 is 2.63 bits per heavy atom.